The molecule has 0 heterocycles. The van der Waals surface area contributed by atoms with Crippen LogP contribution in [0.15, 0.2) is 0 Å². The second-order valence-corrected chi connectivity index (χ2v) is 4.14. The highest BCUT2D eigenvalue weighted by atomic mass is 16.4. The Hall–Kier alpha value is -0.610. The number of aliphatic carboxylic acids is 1. The minimum Gasteiger partial charge on any atom is -0.480 e. The van der Waals surface area contributed by atoms with Crippen LogP contribution in [0.1, 0.15) is 26.7 Å². The summed E-state index contributed by atoms with van der Waals surface area (Å²) in [6.07, 6.45) is 1.75. The van der Waals surface area contributed by atoms with Crippen molar-refractivity contribution in [2.45, 2.75) is 38.3 Å². The molecule has 0 spiro atoms. The first-order chi connectivity index (χ1) is 6.01. The summed E-state index contributed by atoms with van der Waals surface area (Å²) in [6.45, 7) is 3.75. The average Bonchev–Trinajstić information content (AvgIpc) is 2.80. The van der Waals surface area contributed by atoms with Crippen LogP contribution in [-0.2, 0) is 4.79 Å². The van der Waals surface area contributed by atoms with Crippen LogP contribution in [0.25, 0.3) is 0 Å². The molecule has 0 aliphatic heterocycles. The van der Waals surface area contributed by atoms with Gasteiger partial charge < -0.3 is 10.2 Å². The molecule has 0 aromatic carbocycles. The molecule has 1 atom stereocenters. The lowest BCUT2D eigenvalue weighted by Crippen LogP contribution is -2.49. The molecule has 0 bridgehead atoms. The molecule has 1 rings (SSSR count). The van der Waals surface area contributed by atoms with Crippen LogP contribution in [0.3, 0.4) is 0 Å². The van der Waals surface area contributed by atoms with E-state index in [2.05, 4.69) is 5.32 Å². The van der Waals surface area contributed by atoms with Gasteiger partial charge in [-0.05, 0) is 18.8 Å². The van der Waals surface area contributed by atoms with Crippen LogP contribution >= 0.6 is 0 Å². The number of carboxylic acid groups (broad SMARTS) is 1. The third-order valence-corrected chi connectivity index (χ3v) is 2.55. The summed E-state index contributed by atoms with van der Waals surface area (Å²) >= 11 is 0. The predicted octanol–water partition coefficient (Wildman–Crippen LogP) is 0.210. The number of aliphatic hydroxyl groups is 1. The topological polar surface area (TPSA) is 69.6 Å². The molecule has 1 fully saturated rings. The number of rotatable bonds is 5. The van der Waals surface area contributed by atoms with Gasteiger partial charge in [0.2, 0.25) is 0 Å². The minimum atomic E-state index is -0.838. The van der Waals surface area contributed by atoms with Gasteiger partial charge in [0.05, 0.1) is 6.61 Å². The minimum absolute atomic E-state index is 0.0312. The van der Waals surface area contributed by atoms with Crippen molar-refractivity contribution in [1.29, 1.82) is 0 Å². The van der Waals surface area contributed by atoms with E-state index < -0.39 is 12.0 Å². The second kappa shape index (κ2) is 3.64. The van der Waals surface area contributed by atoms with Crippen molar-refractivity contribution in [2.24, 2.45) is 5.92 Å². The molecule has 4 heteroatoms. The first-order valence-corrected chi connectivity index (χ1v) is 4.62. The molecular weight excluding hydrogens is 170 g/mol. The highest BCUT2D eigenvalue weighted by Gasteiger charge is 2.45. The van der Waals surface area contributed by atoms with Crippen molar-refractivity contribution in [3.05, 3.63) is 0 Å². The summed E-state index contributed by atoms with van der Waals surface area (Å²) in [7, 11) is 0. The number of carbonyl (C=O) groups is 1. The van der Waals surface area contributed by atoms with Crippen molar-refractivity contribution >= 4 is 5.97 Å². The molecular formula is C9H17NO3. The van der Waals surface area contributed by atoms with Crippen LogP contribution in [0.5, 0.6) is 0 Å². The van der Waals surface area contributed by atoms with Gasteiger partial charge in [0.15, 0.2) is 0 Å². The monoisotopic (exact) mass is 187 g/mol. The Morgan fingerprint density at radius 3 is 2.31 bits per heavy atom. The maximum atomic E-state index is 10.8. The SMILES string of the molecule is CC(C)C(NC1(CO)CC1)C(=O)O. The number of carboxylic acids is 1. The van der Waals surface area contributed by atoms with Gasteiger partial charge in [0.1, 0.15) is 6.04 Å². The van der Waals surface area contributed by atoms with Gasteiger partial charge in [0, 0.05) is 5.54 Å². The summed E-state index contributed by atoms with van der Waals surface area (Å²) in [5.41, 5.74) is -0.298. The van der Waals surface area contributed by atoms with E-state index in [-0.39, 0.29) is 18.1 Å². The standard InChI is InChI=1S/C9H17NO3/c1-6(2)7(8(12)13)10-9(5-11)3-4-9/h6-7,10-11H,3-5H2,1-2H3,(H,12,13). The smallest absolute Gasteiger partial charge is 0.320 e. The molecule has 0 saturated heterocycles. The fourth-order valence-corrected chi connectivity index (χ4v) is 1.34. The lowest BCUT2D eigenvalue weighted by atomic mass is 10.0. The fraction of sp³-hybridized carbons (Fsp3) is 0.889. The molecule has 1 unspecified atom stereocenters. The van der Waals surface area contributed by atoms with Gasteiger partial charge in [-0.2, -0.15) is 0 Å². The molecule has 13 heavy (non-hydrogen) atoms. The lowest BCUT2D eigenvalue weighted by molar-refractivity contribution is -0.141. The zero-order chi connectivity index (χ0) is 10.1. The molecule has 76 valence electrons. The van der Waals surface area contributed by atoms with Crippen molar-refractivity contribution in [3.8, 4) is 0 Å². The van der Waals surface area contributed by atoms with Gasteiger partial charge in [-0.3, -0.25) is 10.1 Å². The first-order valence-electron chi connectivity index (χ1n) is 4.62. The summed E-state index contributed by atoms with van der Waals surface area (Å²) in [5.74, 6) is -0.795. The zero-order valence-corrected chi connectivity index (χ0v) is 8.08. The summed E-state index contributed by atoms with van der Waals surface area (Å²) in [4.78, 5) is 10.8. The van der Waals surface area contributed by atoms with E-state index in [0.717, 1.165) is 12.8 Å². The number of nitrogens with one attached hydrogen (secondary N) is 1. The van der Waals surface area contributed by atoms with Crippen molar-refractivity contribution in [3.63, 3.8) is 0 Å². The summed E-state index contributed by atoms with van der Waals surface area (Å²) < 4.78 is 0. The van der Waals surface area contributed by atoms with Crippen molar-refractivity contribution in [2.75, 3.05) is 6.61 Å². The largest absolute Gasteiger partial charge is 0.480 e. The van der Waals surface area contributed by atoms with Crippen LogP contribution in [0, 0.1) is 5.92 Å². The highest BCUT2D eigenvalue weighted by molar-refractivity contribution is 5.74. The van der Waals surface area contributed by atoms with Gasteiger partial charge in [-0.15, -0.1) is 0 Å². The van der Waals surface area contributed by atoms with Crippen LogP contribution in [-0.4, -0.2) is 34.4 Å². The molecule has 1 saturated carbocycles. The number of hydrogen-bond donors (Lipinski definition) is 3. The third-order valence-electron chi connectivity index (χ3n) is 2.55. The van der Waals surface area contributed by atoms with E-state index in [1.807, 2.05) is 13.8 Å². The van der Waals surface area contributed by atoms with Crippen molar-refractivity contribution in [1.82, 2.24) is 5.32 Å². The van der Waals surface area contributed by atoms with E-state index in [4.69, 9.17) is 10.2 Å². The van der Waals surface area contributed by atoms with Gasteiger partial charge in [0.25, 0.3) is 0 Å². The Morgan fingerprint density at radius 2 is 2.08 bits per heavy atom. The average molecular weight is 187 g/mol. The first kappa shape index (κ1) is 10.5. The van der Waals surface area contributed by atoms with E-state index in [1.165, 1.54) is 0 Å². The fourth-order valence-electron chi connectivity index (χ4n) is 1.34. The quantitative estimate of drug-likeness (QED) is 0.575. The van der Waals surface area contributed by atoms with Crippen molar-refractivity contribution < 1.29 is 15.0 Å². The molecule has 0 aromatic rings. The van der Waals surface area contributed by atoms with E-state index in [9.17, 15) is 4.79 Å². The molecule has 1 aliphatic rings. The zero-order valence-electron chi connectivity index (χ0n) is 8.08. The number of hydrogen-bond acceptors (Lipinski definition) is 3. The second-order valence-electron chi connectivity index (χ2n) is 4.14. The Morgan fingerprint density at radius 1 is 1.54 bits per heavy atom. The highest BCUT2D eigenvalue weighted by Crippen LogP contribution is 2.35. The maximum Gasteiger partial charge on any atom is 0.320 e. The molecule has 0 aromatic heterocycles. The molecule has 3 N–H and O–H groups in total. The Balaban J connectivity index is 2.52. The summed E-state index contributed by atoms with van der Waals surface area (Å²) in [6, 6.07) is -0.547. The maximum absolute atomic E-state index is 10.8. The molecule has 4 nitrogen and oxygen atoms in total. The van der Waals surface area contributed by atoms with Crippen LogP contribution in [0.4, 0.5) is 0 Å². The molecule has 1 aliphatic carbocycles. The van der Waals surface area contributed by atoms with Gasteiger partial charge >= 0.3 is 5.97 Å². The van der Waals surface area contributed by atoms with Gasteiger partial charge in [-0.25, -0.2) is 0 Å². The third kappa shape index (κ3) is 2.42. The summed E-state index contributed by atoms with van der Waals surface area (Å²) in [5, 5.41) is 20.9. The van der Waals surface area contributed by atoms with Crippen LogP contribution < -0.4 is 5.32 Å². The Bertz CT molecular complexity index is 199. The molecule has 0 amide bonds. The van der Waals surface area contributed by atoms with E-state index >= 15 is 0 Å². The Kier molecular flexibility index (Phi) is 2.93. The lowest BCUT2D eigenvalue weighted by Gasteiger charge is -2.23. The Labute approximate surface area is 78.0 Å². The normalized spacial score (nSPS) is 21.5. The van der Waals surface area contributed by atoms with Gasteiger partial charge in [-0.1, -0.05) is 13.8 Å². The van der Waals surface area contributed by atoms with E-state index in [1.54, 1.807) is 0 Å². The predicted molar refractivity (Wildman–Crippen MR) is 48.4 cm³/mol. The van der Waals surface area contributed by atoms with E-state index in [0.29, 0.717) is 0 Å². The molecule has 0 radical (unpaired) electrons. The number of aliphatic hydroxyl groups excluding tert-OH is 1. The van der Waals surface area contributed by atoms with Crippen LogP contribution in [0.2, 0.25) is 0 Å².